The van der Waals surface area contributed by atoms with Gasteiger partial charge in [-0.25, -0.2) is 9.18 Å². The number of nitrogens with one attached hydrogen (secondary N) is 2. The summed E-state index contributed by atoms with van der Waals surface area (Å²) in [5.41, 5.74) is -2.78. The van der Waals surface area contributed by atoms with Crippen LogP contribution < -0.4 is 10.6 Å². The van der Waals surface area contributed by atoms with Crippen molar-refractivity contribution in [2.75, 3.05) is 11.9 Å². The second kappa shape index (κ2) is 9.21. The molecule has 0 aromatic heterocycles. The van der Waals surface area contributed by atoms with E-state index in [9.17, 15) is 29.5 Å². The molecular weight excluding hydrogens is 505 g/mol. The number of rotatable bonds is 7. The molecule has 2 saturated carbocycles. The van der Waals surface area contributed by atoms with Gasteiger partial charge in [0.05, 0.1) is 11.5 Å². The van der Waals surface area contributed by atoms with E-state index < -0.39 is 52.7 Å². The van der Waals surface area contributed by atoms with E-state index in [0.29, 0.717) is 12.1 Å². The van der Waals surface area contributed by atoms with Gasteiger partial charge < -0.3 is 20.6 Å². The van der Waals surface area contributed by atoms with Crippen LogP contribution in [0.15, 0.2) is 24.3 Å². The molecule has 1 aromatic carbocycles. The molecule has 11 heteroatoms. The zero-order chi connectivity index (χ0) is 28.3. The highest BCUT2D eigenvalue weighted by Gasteiger charge is 2.60. The molecule has 0 radical (unpaired) electrons. The Morgan fingerprint density at radius 2 is 1.95 bits per heavy atom. The highest BCUT2D eigenvalue weighted by molar-refractivity contribution is 6.07. The van der Waals surface area contributed by atoms with Crippen LogP contribution in [0.5, 0.6) is 0 Å². The fraction of sp³-hybridized carbons (Fsp3) is 0.607. The second-order valence-electron chi connectivity index (χ2n) is 12.4. The van der Waals surface area contributed by atoms with Crippen LogP contribution in [0.25, 0.3) is 0 Å². The van der Waals surface area contributed by atoms with Gasteiger partial charge in [-0.2, -0.15) is 5.26 Å². The smallest absolute Gasteiger partial charge is 0.408 e. The molecule has 1 spiro atoms. The number of anilines is 1. The Morgan fingerprint density at radius 1 is 1.28 bits per heavy atom. The number of para-hydroxylation sites is 1. The molecule has 208 valence electrons. The maximum Gasteiger partial charge on any atom is 0.408 e. The summed E-state index contributed by atoms with van der Waals surface area (Å²) in [7, 11) is 0. The third-order valence-corrected chi connectivity index (χ3v) is 8.45. The standard InChI is InChI=1S/C28H34FN5O5/c1-26(2,3)34(25(38)39)21(28(29)10-11-28)22(35)31-20(12-16-8-9-16)23(36)33-15-27(13-17(33)14-30)18-6-4-5-7-19(18)32-24(27)37/h4-7,16-17,20-21H,8-13,15H2,1-3H3,(H,31,35)(H,32,37)(H,38,39)/t17-,20?,21?,27-/m0/s1. The zero-order valence-corrected chi connectivity index (χ0v) is 22.4. The number of fused-ring (bicyclic) bond motifs is 2. The van der Waals surface area contributed by atoms with Gasteiger partial charge in [0.1, 0.15) is 23.8 Å². The van der Waals surface area contributed by atoms with Crippen molar-refractivity contribution in [3.05, 3.63) is 29.8 Å². The lowest BCUT2D eigenvalue weighted by atomic mass is 9.80. The molecule has 10 nitrogen and oxygen atoms in total. The Kier molecular flexibility index (Phi) is 6.35. The summed E-state index contributed by atoms with van der Waals surface area (Å²) in [4.78, 5) is 55.1. The third kappa shape index (κ3) is 4.70. The zero-order valence-electron chi connectivity index (χ0n) is 22.4. The molecule has 2 heterocycles. The molecule has 0 bridgehead atoms. The summed E-state index contributed by atoms with van der Waals surface area (Å²) < 4.78 is 15.5. The largest absolute Gasteiger partial charge is 0.465 e. The fourth-order valence-corrected chi connectivity index (χ4v) is 6.11. The molecule has 39 heavy (non-hydrogen) atoms. The molecule has 3 N–H and O–H groups in total. The monoisotopic (exact) mass is 539 g/mol. The van der Waals surface area contributed by atoms with Crippen LogP contribution in [0.4, 0.5) is 14.9 Å². The first-order valence-corrected chi connectivity index (χ1v) is 13.4. The first-order chi connectivity index (χ1) is 18.3. The molecule has 4 amide bonds. The van der Waals surface area contributed by atoms with E-state index in [1.807, 2.05) is 6.07 Å². The highest BCUT2D eigenvalue weighted by atomic mass is 19.1. The minimum Gasteiger partial charge on any atom is -0.465 e. The molecule has 5 rings (SSSR count). The van der Waals surface area contributed by atoms with Gasteiger partial charge in [-0.3, -0.25) is 19.3 Å². The van der Waals surface area contributed by atoms with Crippen molar-refractivity contribution in [3.8, 4) is 6.07 Å². The van der Waals surface area contributed by atoms with Crippen LogP contribution in [0, 0.1) is 17.2 Å². The van der Waals surface area contributed by atoms with E-state index in [0.717, 1.165) is 23.3 Å². The number of carboxylic acid groups (broad SMARTS) is 1. The van der Waals surface area contributed by atoms with Crippen LogP contribution in [-0.2, 0) is 19.8 Å². The quantitative estimate of drug-likeness (QED) is 0.486. The molecule has 3 fully saturated rings. The number of amides is 4. The number of alkyl halides is 1. The summed E-state index contributed by atoms with van der Waals surface area (Å²) in [6.45, 7) is 4.74. The number of halogens is 1. The minimum atomic E-state index is -2.01. The third-order valence-electron chi connectivity index (χ3n) is 8.45. The first kappa shape index (κ1) is 26.9. The van der Waals surface area contributed by atoms with E-state index in [1.54, 1.807) is 39.0 Å². The maximum atomic E-state index is 15.5. The number of likely N-dealkylation sites (tertiary alicyclic amines) is 1. The lowest BCUT2D eigenvalue weighted by Gasteiger charge is -2.40. The average molecular weight is 540 g/mol. The van der Waals surface area contributed by atoms with Crippen molar-refractivity contribution >= 4 is 29.5 Å². The Bertz CT molecular complexity index is 1260. The van der Waals surface area contributed by atoms with Gasteiger partial charge in [0, 0.05) is 24.2 Å². The highest BCUT2D eigenvalue weighted by Crippen LogP contribution is 2.48. The minimum absolute atomic E-state index is 0.0241. The average Bonchev–Trinajstić information content (AvgIpc) is 3.77. The summed E-state index contributed by atoms with van der Waals surface area (Å²) in [6.07, 6.45) is 0.839. The van der Waals surface area contributed by atoms with Crippen LogP contribution in [0.2, 0.25) is 0 Å². The molecule has 4 atom stereocenters. The summed E-state index contributed by atoms with van der Waals surface area (Å²) in [6, 6.07) is 5.75. The Labute approximate surface area is 226 Å². The number of hydrogen-bond acceptors (Lipinski definition) is 5. The molecule has 2 aliphatic carbocycles. The SMILES string of the molecule is CC(C)(C)N(C(=O)O)C(C(=O)NC(CC1CC1)C(=O)N1C[C@]2(C[C@H]1C#N)C(=O)Nc1ccccc12)C1(F)CC1. The van der Waals surface area contributed by atoms with Crippen molar-refractivity contribution in [2.24, 2.45) is 5.92 Å². The maximum absolute atomic E-state index is 15.5. The van der Waals surface area contributed by atoms with Crippen LogP contribution in [0.3, 0.4) is 0 Å². The van der Waals surface area contributed by atoms with Gasteiger partial charge in [0.2, 0.25) is 17.7 Å². The lowest BCUT2D eigenvalue weighted by Crippen LogP contribution is -2.63. The predicted molar refractivity (Wildman–Crippen MR) is 138 cm³/mol. The number of nitrogens with zero attached hydrogens (tertiary/aromatic N) is 3. The van der Waals surface area contributed by atoms with Gasteiger partial charge in [0.15, 0.2) is 0 Å². The Balaban J connectivity index is 1.43. The molecule has 2 aliphatic heterocycles. The summed E-state index contributed by atoms with van der Waals surface area (Å²) in [5.74, 6) is -1.48. The van der Waals surface area contributed by atoms with Crippen molar-refractivity contribution in [1.29, 1.82) is 5.26 Å². The van der Waals surface area contributed by atoms with Crippen LogP contribution >= 0.6 is 0 Å². The van der Waals surface area contributed by atoms with Gasteiger partial charge >= 0.3 is 6.09 Å². The van der Waals surface area contributed by atoms with Crippen molar-refractivity contribution in [3.63, 3.8) is 0 Å². The van der Waals surface area contributed by atoms with Crippen molar-refractivity contribution < 1.29 is 28.7 Å². The van der Waals surface area contributed by atoms with Gasteiger partial charge in [-0.05, 0) is 57.6 Å². The van der Waals surface area contributed by atoms with Gasteiger partial charge in [0.25, 0.3) is 0 Å². The molecular formula is C28H34FN5O5. The van der Waals surface area contributed by atoms with Crippen molar-refractivity contribution in [2.45, 2.75) is 94.0 Å². The van der Waals surface area contributed by atoms with Gasteiger partial charge in [-0.15, -0.1) is 0 Å². The predicted octanol–water partition coefficient (Wildman–Crippen LogP) is 2.94. The number of hydrogen-bond donors (Lipinski definition) is 3. The fourth-order valence-electron chi connectivity index (χ4n) is 6.11. The topological polar surface area (TPSA) is 143 Å². The van der Waals surface area contributed by atoms with Crippen LogP contribution in [-0.4, -0.2) is 74.6 Å². The number of benzene rings is 1. The molecule has 1 saturated heterocycles. The van der Waals surface area contributed by atoms with E-state index >= 15 is 4.39 Å². The number of carbonyl (C=O) groups excluding carboxylic acids is 3. The van der Waals surface area contributed by atoms with E-state index in [-0.39, 0.29) is 37.6 Å². The molecule has 1 aromatic rings. The number of carbonyl (C=O) groups is 4. The van der Waals surface area contributed by atoms with Gasteiger partial charge in [-0.1, -0.05) is 31.0 Å². The lowest BCUT2D eigenvalue weighted by molar-refractivity contribution is -0.140. The molecule has 2 unspecified atom stereocenters. The Morgan fingerprint density at radius 3 is 2.51 bits per heavy atom. The summed E-state index contributed by atoms with van der Waals surface area (Å²) in [5, 5.41) is 25.4. The number of nitriles is 1. The summed E-state index contributed by atoms with van der Waals surface area (Å²) >= 11 is 0. The first-order valence-electron chi connectivity index (χ1n) is 13.4. The van der Waals surface area contributed by atoms with E-state index in [1.165, 1.54) is 4.90 Å². The van der Waals surface area contributed by atoms with Crippen molar-refractivity contribution in [1.82, 2.24) is 15.1 Å². The van der Waals surface area contributed by atoms with Crippen LogP contribution in [0.1, 0.15) is 64.9 Å². The normalized spacial score (nSPS) is 26.3. The van der Waals surface area contributed by atoms with E-state index in [4.69, 9.17) is 0 Å². The second-order valence-corrected chi connectivity index (χ2v) is 12.4. The Hall–Kier alpha value is -3.68. The van der Waals surface area contributed by atoms with E-state index in [2.05, 4.69) is 16.7 Å². The molecule has 4 aliphatic rings.